The molecule has 0 bridgehead atoms. The maximum Gasteiger partial charge on any atom is 0.251 e. The van der Waals surface area contributed by atoms with E-state index in [4.69, 9.17) is 0 Å². The van der Waals surface area contributed by atoms with Crippen molar-refractivity contribution in [1.29, 1.82) is 0 Å². The van der Waals surface area contributed by atoms with Crippen LogP contribution in [0.15, 0.2) is 59.5 Å². The highest BCUT2D eigenvalue weighted by atomic mass is 32.2. The third kappa shape index (κ3) is 4.39. The van der Waals surface area contributed by atoms with Crippen LogP contribution in [0.2, 0.25) is 0 Å². The van der Waals surface area contributed by atoms with Crippen LogP contribution in [0, 0.1) is 5.92 Å². The number of hydrogen-bond donors (Lipinski definition) is 1. The molecular formula is C21H26N2O3S. The Labute approximate surface area is 161 Å². The van der Waals surface area contributed by atoms with Crippen molar-refractivity contribution in [3.8, 4) is 0 Å². The zero-order valence-corrected chi connectivity index (χ0v) is 16.6. The van der Waals surface area contributed by atoms with Gasteiger partial charge in [0.25, 0.3) is 5.91 Å². The first-order chi connectivity index (χ1) is 12.9. The number of rotatable bonds is 6. The van der Waals surface area contributed by atoms with Crippen molar-refractivity contribution in [1.82, 2.24) is 9.62 Å². The fourth-order valence-electron chi connectivity index (χ4n) is 3.40. The van der Waals surface area contributed by atoms with Gasteiger partial charge in [0.1, 0.15) is 0 Å². The van der Waals surface area contributed by atoms with Crippen LogP contribution in [0.4, 0.5) is 0 Å². The molecule has 1 N–H and O–H groups in total. The molecule has 2 aromatic carbocycles. The second-order valence-electron chi connectivity index (χ2n) is 7.24. The van der Waals surface area contributed by atoms with Crippen LogP contribution >= 0.6 is 0 Å². The molecule has 1 fully saturated rings. The predicted molar refractivity (Wildman–Crippen MR) is 106 cm³/mol. The van der Waals surface area contributed by atoms with Gasteiger partial charge in [0.15, 0.2) is 0 Å². The molecule has 144 valence electrons. The third-order valence-corrected chi connectivity index (χ3v) is 6.81. The quantitative estimate of drug-likeness (QED) is 0.825. The Hall–Kier alpha value is -2.18. The number of carbonyl (C=O) groups excluding carboxylic acids is 1. The molecule has 3 rings (SSSR count). The van der Waals surface area contributed by atoms with Crippen molar-refractivity contribution in [2.75, 3.05) is 13.1 Å². The van der Waals surface area contributed by atoms with E-state index in [9.17, 15) is 13.2 Å². The van der Waals surface area contributed by atoms with Gasteiger partial charge in [-0.3, -0.25) is 4.79 Å². The van der Waals surface area contributed by atoms with E-state index in [1.165, 1.54) is 10.4 Å². The van der Waals surface area contributed by atoms with E-state index in [0.29, 0.717) is 18.7 Å². The van der Waals surface area contributed by atoms with Crippen molar-refractivity contribution in [2.24, 2.45) is 5.92 Å². The fourth-order valence-corrected chi connectivity index (χ4v) is 4.96. The first-order valence-electron chi connectivity index (χ1n) is 9.35. The monoisotopic (exact) mass is 386 g/mol. The highest BCUT2D eigenvalue weighted by Gasteiger charge is 2.28. The minimum Gasteiger partial charge on any atom is -0.345 e. The van der Waals surface area contributed by atoms with Crippen LogP contribution in [-0.2, 0) is 10.0 Å². The van der Waals surface area contributed by atoms with Crippen molar-refractivity contribution in [2.45, 2.75) is 37.6 Å². The molecule has 27 heavy (non-hydrogen) atoms. The van der Waals surface area contributed by atoms with Gasteiger partial charge in [0, 0.05) is 18.7 Å². The molecule has 1 atom stereocenters. The summed E-state index contributed by atoms with van der Waals surface area (Å²) in [5.74, 6) is -0.0658. The minimum atomic E-state index is -3.54. The number of nitrogens with zero attached hydrogens (tertiary/aromatic N) is 1. The highest BCUT2D eigenvalue weighted by molar-refractivity contribution is 7.89. The normalized spacial score (nSPS) is 16.4. The number of nitrogens with one attached hydrogen (secondary N) is 1. The maximum atomic E-state index is 12.8. The molecule has 1 aliphatic heterocycles. The molecule has 0 aromatic heterocycles. The summed E-state index contributed by atoms with van der Waals surface area (Å²) in [4.78, 5) is 13.0. The van der Waals surface area contributed by atoms with Gasteiger partial charge in [0.2, 0.25) is 10.0 Å². The Balaban J connectivity index is 1.83. The van der Waals surface area contributed by atoms with Crippen LogP contribution in [0.3, 0.4) is 0 Å². The van der Waals surface area contributed by atoms with Gasteiger partial charge in [-0.25, -0.2) is 8.42 Å². The summed E-state index contributed by atoms with van der Waals surface area (Å²) in [6, 6.07) is 16.0. The van der Waals surface area contributed by atoms with Crippen LogP contribution in [-0.4, -0.2) is 31.7 Å². The van der Waals surface area contributed by atoms with Crippen molar-refractivity contribution >= 4 is 15.9 Å². The van der Waals surface area contributed by atoms with Gasteiger partial charge in [0.05, 0.1) is 10.9 Å². The lowest BCUT2D eigenvalue weighted by Crippen LogP contribution is -2.32. The molecule has 0 saturated carbocycles. The van der Waals surface area contributed by atoms with Crippen molar-refractivity contribution < 1.29 is 13.2 Å². The first kappa shape index (κ1) is 19.6. The second kappa shape index (κ2) is 8.23. The summed E-state index contributed by atoms with van der Waals surface area (Å²) in [7, 11) is -3.54. The van der Waals surface area contributed by atoms with Crippen LogP contribution in [0.5, 0.6) is 0 Å². The van der Waals surface area contributed by atoms with Crippen molar-refractivity contribution in [3.63, 3.8) is 0 Å². The number of amides is 1. The number of benzene rings is 2. The molecule has 6 heteroatoms. The van der Waals surface area contributed by atoms with E-state index in [1.54, 1.807) is 18.2 Å². The van der Waals surface area contributed by atoms with Gasteiger partial charge >= 0.3 is 0 Å². The zero-order valence-electron chi connectivity index (χ0n) is 15.8. The average molecular weight is 387 g/mol. The Morgan fingerprint density at radius 2 is 1.67 bits per heavy atom. The maximum absolute atomic E-state index is 12.8. The highest BCUT2D eigenvalue weighted by Crippen LogP contribution is 2.24. The SMILES string of the molecule is CC(C)C(NC(=O)c1cccc(S(=O)(=O)N2CCCC2)c1)c1ccccc1. The molecule has 0 aliphatic carbocycles. The average Bonchev–Trinajstić information content (AvgIpc) is 3.22. The van der Waals surface area contributed by atoms with Crippen LogP contribution in [0.25, 0.3) is 0 Å². The molecule has 1 heterocycles. The predicted octanol–water partition coefficient (Wildman–Crippen LogP) is 3.60. The molecule has 1 aliphatic rings. The molecule has 1 saturated heterocycles. The molecule has 1 unspecified atom stereocenters. The minimum absolute atomic E-state index is 0.141. The summed E-state index contributed by atoms with van der Waals surface area (Å²) >= 11 is 0. The van der Waals surface area contributed by atoms with Gasteiger partial charge in [-0.15, -0.1) is 0 Å². The molecule has 2 aromatic rings. The van der Waals surface area contributed by atoms with Crippen LogP contribution in [0.1, 0.15) is 48.7 Å². The Morgan fingerprint density at radius 1 is 1.00 bits per heavy atom. The first-order valence-corrected chi connectivity index (χ1v) is 10.8. The third-order valence-electron chi connectivity index (χ3n) is 4.91. The summed E-state index contributed by atoms with van der Waals surface area (Å²) in [5.41, 5.74) is 1.39. The zero-order chi connectivity index (χ0) is 19.4. The molecular weight excluding hydrogens is 360 g/mol. The van der Waals surface area contributed by atoms with E-state index in [2.05, 4.69) is 5.32 Å². The standard InChI is InChI=1S/C21H26N2O3S/c1-16(2)20(17-9-4-3-5-10-17)22-21(24)18-11-8-12-19(15-18)27(25,26)23-13-6-7-14-23/h3-5,8-12,15-16,20H,6-7,13-14H2,1-2H3,(H,22,24). The largest absolute Gasteiger partial charge is 0.345 e. The van der Waals surface area contributed by atoms with E-state index in [-0.39, 0.29) is 22.8 Å². The van der Waals surface area contributed by atoms with E-state index >= 15 is 0 Å². The van der Waals surface area contributed by atoms with Crippen molar-refractivity contribution in [3.05, 3.63) is 65.7 Å². The molecule has 1 amide bonds. The Kier molecular flexibility index (Phi) is 5.97. The summed E-state index contributed by atoms with van der Waals surface area (Å²) in [6.07, 6.45) is 1.76. The van der Waals surface area contributed by atoms with Gasteiger partial charge in [-0.1, -0.05) is 50.2 Å². The molecule has 0 radical (unpaired) electrons. The van der Waals surface area contributed by atoms with Crippen LogP contribution < -0.4 is 5.32 Å². The lowest BCUT2D eigenvalue weighted by Gasteiger charge is -2.23. The summed E-state index contributed by atoms with van der Waals surface area (Å²) in [5, 5.41) is 3.05. The number of carbonyl (C=O) groups is 1. The van der Waals surface area contributed by atoms with Gasteiger partial charge < -0.3 is 5.32 Å². The lowest BCUT2D eigenvalue weighted by atomic mass is 9.95. The number of hydrogen-bond acceptors (Lipinski definition) is 3. The van der Waals surface area contributed by atoms with E-state index in [1.807, 2.05) is 44.2 Å². The number of sulfonamides is 1. The Bertz CT molecular complexity index is 889. The fraction of sp³-hybridized carbons (Fsp3) is 0.381. The summed E-state index contributed by atoms with van der Waals surface area (Å²) < 4.78 is 27.0. The summed E-state index contributed by atoms with van der Waals surface area (Å²) in [6.45, 7) is 5.18. The Morgan fingerprint density at radius 3 is 2.30 bits per heavy atom. The van der Waals surface area contributed by atoms with Gasteiger partial charge in [-0.05, 0) is 42.5 Å². The smallest absolute Gasteiger partial charge is 0.251 e. The molecule has 5 nitrogen and oxygen atoms in total. The van der Waals surface area contributed by atoms with Gasteiger partial charge in [-0.2, -0.15) is 4.31 Å². The lowest BCUT2D eigenvalue weighted by molar-refractivity contribution is 0.0925. The molecule has 0 spiro atoms. The second-order valence-corrected chi connectivity index (χ2v) is 9.18. The topological polar surface area (TPSA) is 66.5 Å². The van der Waals surface area contributed by atoms with E-state index < -0.39 is 10.0 Å². The van der Waals surface area contributed by atoms with E-state index in [0.717, 1.165) is 18.4 Å².